The number of hydrogen-bond acceptors (Lipinski definition) is 4. The largest absolute Gasteiger partial charge is 0.455 e. The fourth-order valence-electron chi connectivity index (χ4n) is 3.16. The number of aromatic nitrogens is 2. The highest BCUT2D eigenvalue weighted by molar-refractivity contribution is 5.95. The highest BCUT2D eigenvalue weighted by atomic mass is 16.5. The molecule has 0 spiro atoms. The molecule has 110 valence electrons. The summed E-state index contributed by atoms with van der Waals surface area (Å²) in [5, 5.41) is 10.1. The van der Waals surface area contributed by atoms with Crippen molar-refractivity contribution in [3.05, 3.63) is 28.8 Å². The van der Waals surface area contributed by atoms with Gasteiger partial charge >= 0.3 is 0 Å². The molecule has 0 radical (unpaired) electrons. The number of rotatable bonds is 2. The van der Waals surface area contributed by atoms with Crippen LogP contribution < -0.4 is 5.32 Å². The van der Waals surface area contributed by atoms with Crippen molar-refractivity contribution < 1.29 is 13.9 Å². The van der Waals surface area contributed by atoms with Crippen molar-refractivity contribution in [3.8, 4) is 11.3 Å². The molecule has 2 N–H and O–H groups in total. The van der Waals surface area contributed by atoms with Crippen molar-refractivity contribution in [1.82, 2.24) is 15.5 Å². The van der Waals surface area contributed by atoms with E-state index in [1.807, 2.05) is 13.1 Å². The number of amides is 1. The van der Waals surface area contributed by atoms with E-state index in [2.05, 4.69) is 15.5 Å². The number of carbonyl (C=O) groups is 1. The first-order valence-electron chi connectivity index (χ1n) is 7.27. The van der Waals surface area contributed by atoms with Crippen LogP contribution in [0.2, 0.25) is 0 Å². The normalized spacial score (nSPS) is 20.1. The Morgan fingerprint density at radius 1 is 1.48 bits per heavy atom. The Kier molecular flexibility index (Phi) is 2.85. The molecule has 0 saturated carbocycles. The highest BCUT2D eigenvalue weighted by Crippen LogP contribution is 2.37. The van der Waals surface area contributed by atoms with Crippen LogP contribution in [-0.4, -0.2) is 35.4 Å². The molecular formula is C15H17N3O3. The summed E-state index contributed by atoms with van der Waals surface area (Å²) in [4.78, 5) is 12.4. The number of furan rings is 1. The molecule has 21 heavy (non-hydrogen) atoms. The zero-order valence-electron chi connectivity index (χ0n) is 11.9. The van der Waals surface area contributed by atoms with Gasteiger partial charge in [0.1, 0.15) is 5.76 Å². The lowest BCUT2D eigenvalue weighted by Crippen LogP contribution is -2.35. The molecule has 0 unspecified atom stereocenters. The standard InChI is InChI=1S/C15H17N3O3/c1-8-12-11(3-2-9-6-16-18-13(9)12)21-14(8)15(19)17-10-4-5-20-7-10/h6,10H,2-5,7H2,1H3,(H,16,18)(H,17,19)/t10-/m1/s1. The monoisotopic (exact) mass is 287 g/mol. The number of fused-ring (bicyclic) bond motifs is 3. The van der Waals surface area contributed by atoms with Crippen LogP contribution in [0.25, 0.3) is 11.3 Å². The lowest BCUT2D eigenvalue weighted by molar-refractivity contribution is 0.0899. The number of hydrogen-bond donors (Lipinski definition) is 2. The predicted octanol–water partition coefficient (Wildman–Crippen LogP) is 1.60. The average Bonchev–Trinajstić information content (AvgIpc) is 3.17. The molecule has 1 aliphatic heterocycles. The van der Waals surface area contributed by atoms with E-state index in [4.69, 9.17) is 9.15 Å². The number of H-pyrrole nitrogens is 1. The van der Waals surface area contributed by atoms with Crippen molar-refractivity contribution in [3.63, 3.8) is 0 Å². The van der Waals surface area contributed by atoms with Gasteiger partial charge in [0.2, 0.25) is 0 Å². The first-order chi connectivity index (χ1) is 10.2. The molecule has 4 rings (SSSR count). The molecule has 1 amide bonds. The van der Waals surface area contributed by atoms with E-state index in [0.717, 1.165) is 41.8 Å². The first kappa shape index (κ1) is 12.6. The van der Waals surface area contributed by atoms with Gasteiger partial charge in [-0.05, 0) is 25.3 Å². The van der Waals surface area contributed by atoms with Crippen LogP contribution in [0.1, 0.15) is 33.9 Å². The second-order valence-electron chi connectivity index (χ2n) is 5.66. The number of nitrogens with zero attached hydrogens (tertiary/aromatic N) is 1. The zero-order valence-corrected chi connectivity index (χ0v) is 11.9. The van der Waals surface area contributed by atoms with Gasteiger partial charge in [0.05, 0.1) is 24.5 Å². The van der Waals surface area contributed by atoms with Crippen LogP contribution in [0, 0.1) is 6.92 Å². The lowest BCUT2D eigenvalue weighted by atomic mass is 9.93. The minimum atomic E-state index is -0.154. The van der Waals surface area contributed by atoms with Gasteiger partial charge in [-0.3, -0.25) is 9.89 Å². The Labute approximate surface area is 121 Å². The zero-order chi connectivity index (χ0) is 14.4. The summed E-state index contributed by atoms with van der Waals surface area (Å²) in [6, 6.07) is 0.0849. The second kappa shape index (κ2) is 4.73. The number of nitrogens with one attached hydrogen (secondary N) is 2. The Bertz CT molecular complexity index is 695. The number of aryl methyl sites for hydroxylation is 2. The SMILES string of the molecule is Cc1c(C(=O)N[C@@H]2CCOC2)oc2c1-c1[nH]ncc1CC2. The third kappa shape index (κ3) is 1.98. The summed E-state index contributed by atoms with van der Waals surface area (Å²) >= 11 is 0. The molecule has 1 saturated heterocycles. The topological polar surface area (TPSA) is 80.1 Å². The molecular weight excluding hydrogens is 270 g/mol. The van der Waals surface area contributed by atoms with Gasteiger partial charge in [-0.1, -0.05) is 0 Å². The Morgan fingerprint density at radius 3 is 3.19 bits per heavy atom. The van der Waals surface area contributed by atoms with Gasteiger partial charge in [0.25, 0.3) is 5.91 Å². The van der Waals surface area contributed by atoms with Gasteiger partial charge < -0.3 is 14.5 Å². The van der Waals surface area contributed by atoms with E-state index in [0.29, 0.717) is 19.0 Å². The highest BCUT2D eigenvalue weighted by Gasteiger charge is 2.29. The maximum atomic E-state index is 12.4. The number of ether oxygens (including phenoxy) is 1. The summed E-state index contributed by atoms with van der Waals surface area (Å²) in [6.07, 6.45) is 4.40. The second-order valence-corrected chi connectivity index (χ2v) is 5.66. The molecule has 3 heterocycles. The molecule has 1 aliphatic carbocycles. The van der Waals surface area contributed by atoms with Crippen molar-refractivity contribution in [2.24, 2.45) is 0 Å². The van der Waals surface area contributed by atoms with E-state index >= 15 is 0 Å². The lowest BCUT2D eigenvalue weighted by Gasteiger charge is -2.10. The van der Waals surface area contributed by atoms with Crippen LogP contribution in [0.5, 0.6) is 0 Å². The van der Waals surface area contributed by atoms with Gasteiger partial charge in [-0.2, -0.15) is 5.10 Å². The van der Waals surface area contributed by atoms with Crippen LogP contribution in [-0.2, 0) is 17.6 Å². The quantitative estimate of drug-likeness (QED) is 0.879. The number of aromatic amines is 1. The third-order valence-electron chi connectivity index (χ3n) is 4.28. The fourth-order valence-corrected chi connectivity index (χ4v) is 3.16. The van der Waals surface area contributed by atoms with Gasteiger partial charge in [-0.25, -0.2) is 0 Å². The molecule has 0 aromatic carbocycles. The smallest absolute Gasteiger partial charge is 0.287 e. The maximum Gasteiger partial charge on any atom is 0.287 e. The van der Waals surface area contributed by atoms with E-state index < -0.39 is 0 Å². The fraction of sp³-hybridized carbons (Fsp3) is 0.467. The molecule has 6 heteroatoms. The van der Waals surface area contributed by atoms with Crippen LogP contribution >= 0.6 is 0 Å². The summed E-state index contributed by atoms with van der Waals surface area (Å²) in [5.74, 6) is 1.13. The van der Waals surface area contributed by atoms with Crippen molar-refractivity contribution in [2.75, 3.05) is 13.2 Å². The summed E-state index contributed by atoms with van der Waals surface area (Å²) in [7, 11) is 0. The Balaban J connectivity index is 1.67. The molecule has 1 atom stereocenters. The first-order valence-corrected chi connectivity index (χ1v) is 7.27. The molecule has 2 aromatic rings. The van der Waals surface area contributed by atoms with Crippen molar-refractivity contribution >= 4 is 5.91 Å². The Hall–Kier alpha value is -2.08. The maximum absolute atomic E-state index is 12.4. The molecule has 1 fully saturated rings. The Morgan fingerprint density at radius 2 is 2.38 bits per heavy atom. The van der Waals surface area contributed by atoms with E-state index in [1.54, 1.807) is 0 Å². The van der Waals surface area contributed by atoms with Gasteiger partial charge in [-0.15, -0.1) is 0 Å². The summed E-state index contributed by atoms with van der Waals surface area (Å²) < 4.78 is 11.1. The predicted molar refractivity (Wildman–Crippen MR) is 75.1 cm³/mol. The third-order valence-corrected chi connectivity index (χ3v) is 4.28. The molecule has 2 aromatic heterocycles. The molecule has 2 aliphatic rings. The van der Waals surface area contributed by atoms with E-state index in [-0.39, 0.29) is 11.9 Å². The minimum Gasteiger partial charge on any atom is -0.455 e. The average molecular weight is 287 g/mol. The minimum absolute atomic E-state index is 0.0849. The molecule has 0 bridgehead atoms. The van der Waals surface area contributed by atoms with Crippen molar-refractivity contribution in [2.45, 2.75) is 32.2 Å². The van der Waals surface area contributed by atoms with Crippen LogP contribution in [0.4, 0.5) is 0 Å². The summed E-state index contributed by atoms with van der Waals surface area (Å²) in [6.45, 7) is 3.21. The van der Waals surface area contributed by atoms with E-state index in [1.165, 1.54) is 5.56 Å². The van der Waals surface area contributed by atoms with Crippen molar-refractivity contribution in [1.29, 1.82) is 0 Å². The van der Waals surface area contributed by atoms with Gasteiger partial charge in [0, 0.05) is 24.2 Å². The van der Waals surface area contributed by atoms with E-state index in [9.17, 15) is 4.79 Å². The van der Waals surface area contributed by atoms with Gasteiger partial charge in [0.15, 0.2) is 5.76 Å². The summed E-state index contributed by atoms with van der Waals surface area (Å²) in [5.41, 5.74) is 4.05. The van der Waals surface area contributed by atoms with Crippen LogP contribution in [0.15, 0.2) is 10.6 Å². The number of carbonyl (C=O) groups excluding carboxylic acids is 1. The molecule has 6 nitrogen and oxygen atoms in total. The van der Waals surface area contributed by atoms with Crippen LogP contribution in [0.3, 0.4) is 0 Å².